The third kappa shape index (κ3) is 2.65. The average Bonchev–Trinajstić information content (AvgIpc) is 2.79. The molecule has 0 bridgehead atoms. The Morgan fingerprint density at radius 2 is 2.00 bits per heavy atom. The SMILES string of the molecule is Cn1cc(C(=O)N2CCCN3CCC[C@H]3C2)c(=O)[nH]c1=O. The van der Waals surface area contributed by atoms with Gasteiger partial charge in [-0.05, 0) is 25.8 Å². The van der Waals surface area contributed by atoms with Gasteiger partial charge in [0.15, 0.2) is 0 Å². The minimum atomic E-state index is -0.601. The fourth-order valence-electron chi connectivity index (χ4n) is 3.28. The molecule has 7 nitrogen and oxygen atoms in total. The van der Waals surface area contributed by atoms with Crippen LogP contribution in [0.4, 0.5) is 0 Å². The number of aromatic amines is 1. The predicted molar refractivity (Wildman–Crippen MR) is 77.4 cm³/mol. The molecule has 0 unspecified atom stereocenters. The normalized spacial score (nSPS) is 22.9. The Bertz CT molecular complexity index is 663. The quantitative estimate of drug-likeness (QED) is 0.748. The number of aryl methyl sites for hydroxylation is 1. The first kappa shape index (κ1) is 14.1. The molecule has 2 aliphatic heterocycles. The lowest BCUT2D eigenvalue weighted by Crippen LogP contribution is -2.42. The van der Waals surface area contributed by atoms with E-state index in [1.165, 1.54) is 24.2 Å². The van der Waals surface area contributed by atoms with E-state index < -0.39 is 11.2 Å². The van der Waals surface area contributed by atoms with Gasteiger partial charge in [0.2, 0.25) is 0 Å². The Labute approximate surface area is 122 Å². The van der Waals surface area contributed by atoms with Crippen molar-refractivity contribution in [1.82, 2.24) is 19.4 Å². The molecule has 2 saturated heterocycles. The maximum Gasteiger partial charge on any atom is 0.328 e. The van der Waals surface area contributed by atoms with Crippen molar-refractivity contribution in [1.29, 1.82) is 0 Å². The van der Waals surface area contributed by atoms with Crippen molar-refractivity contribution in [3.8, 4) is 0 Å². The monoisotopic (exact) mass is 292 g/mol. The summed E-state index contributed by atoms with van der Waals surface area (Å²) in [4.78, 5) is 42.2. The molecule has 114 valence electrons. The molecule has 0 aromatic carbocycles. The molecule has 2 fully saturated rings. The summed E-state index contributed by atoms with van der Waals surface area (Å²) < 4.78 is 1.23. The summed E-state index contributed by atoms with van der Waals surface area (Å²) >= 11 is 0. The van der Waals surface area contributed by atoms with E-state index in [-0.39, 0.29) is 11.5 Å². The van der Waals surface area contributed by atoms with Gasteiger partial charge in [-0.25, -0.2) is 4.79 Å². The van der Waals surface area contributed by atoms with Crippen LogP contribution in [0.15, 0.2) is 15.8 Å². The minimum absolute atomic E-state index is 0.0450. The molecule has 21 heavy (non-hydrogen) atoms. The summed E-state index contributed by atoms with van der Waals surface area (Å²) in [7, 11) is 1.52. The van der Waals surface area contributed by atoms with Crippen LogP contribution in [0.1, 0.15) is 29.6 Å². The van der Waals surface area contributed by atoms with Crippen LogP contribution >= 0.6 is 0 Å². The van der Waals surface area contributed by atoms with Crippen LogP contribution in [0.3, 0.4) is 0 Å². The van der Waals surface area contributed by atoms with Crippen molar-refractivity contribution in [3.63, 3.8) is 0 Å². The van der Waals surface area contributed by atoms with Crippen LogP contribution in [-0.2, 0) is 7.05 Å². The van der Waals surface area contributed by atoms with E-state index in [1.54, 1.807) is 4.90 Å². The number of hydrogen-bond donors (Lipinski definition) is 1. The number of nitrogens with zero attached hydrogens (tertiary/aromatic N) is 3. The van der Waals surface area contributed by atoms with Crippen molar-refractivity contribution in [3.05, 3.63) is 32.6 Å². The van der Waals surface area contributed by atoms with Gasteiger partial charge in [-0.15, -0.1) is 0 Å². The first-order valence-corrected chi connectivity index (χ1v) is 7.39. The molecule has 0 radical (unpaired) electrons. The standard InChI is InChI=1S/C14H20N4O3/c1-16-9-11(12(19)15-14(16)21)13(20)18-7-3-6-17-5-2-4-10(17)8-18/h9-10H,2-8H2,1H3,(H,15,19,21)/t10-/m0/s1. The Morgan fingerprint density at radius 3 is 2.81 bits per heavy atom. The smallest absolute Gasteiger partial charge is 0.328 e. The van der Waals surface area contributed by atoms with Crippen molar-refractivity contribution < 1.29 is 4.79 Å². The Hall–Kier alpha value is -1.89. The minimum Gasteiger partial charge on any atom is -0.337 e. The number of fused-ring (bicyclic) bond motifs is 1. The molecule has 1 amide bonds. The van der Waals surface area contributed by atoms with E-state index in [0.29, 0.717) is 19.1 Å². The second-order valence-corrected chi connectivity index (χ2v) is 5.85. The van der Waals surface area contributed by atoms with Crippen molar-refractivity contribution in [2.24, 2.45) is 7.05 Å². The molecular weight excluding hydrogens is 272 g/mol. The molecule has 1 aromatic heterocycles. The summed E-state index contributed by atoms with van der Waals surface area (Å²) in [5.41, 5.74) is -1.06. The van der Waals surface area contributed by atoms with Gasteiger partial charge >= 0.3 is 5.69 Å². The number of amides is 1. The average molecular weight is 292 g/mol. The topological polar surface area (TPSA) is 78.4 Å². The summed E-state index contributed by atoms with van der Waals surface area (Å²) in [6.45, 7) is 3.44. The van der Waals surface area contributed by atoms with Crippen LogP contribution in [-0.4, -0.2) is 57.5 Å². The van der Waals surface area contributed by atoms with E-state index in [9.17, 15) is 14.4 Å². The lowest BCUT2D eigenvalue weighted by atomic mass is 10.2. The van der Waals surface area contributed by atoms with Crippen molar-refractivity contribution >= 4 is 5.91 Å². The first-order chi connectivity index (χ1) is 10.1. The number of hydrogen-bond acceptors (Lipinski definition) is 4. The Morgan fingerprint density at radius 1 is 1.24 bits per heavy atom. The summed E-state index contributed by atoms with van der Waals surface area (Å²) in [5, 5.41) is 0. The van der Waals surface area contributed by atoms with Crippen LogP contribution in [0, 0.1) is 0 Å². The van der Waals surface area contributed by atoms with E-state index >= 15 is 0 Å². The highest BCUT2D eigenvalue weighted by atomic mass is 16.2. The third-order valence-electron chi connectivity index (χ3n) is 4.43. The summed E-state index contributed by atoms with van der Waals surface area (Å²) in [5.74, 6) is -0.277. The lowest BCUT2D eigenvalue weighted by Gasteiger charge is -2.25. The van der Waals surface area contributed by atoms with Crippen molar-refractivity contribution in [2.75, 3.05) is 26.2 Å². The number of rotatable bonds is 1. The van der Waals surface area contributed by atoms with Crippen LogP contribution in [0.25, 0.3) is 0 Å². The highest BCUT2D eigenvalue weighted by Gasteiger charge is 2.31. The molecular formula is C14H20N4O3. The van der Waals surface area contributed by atoms with Crippen LogP contribution < -0.4 is 11.2 Å². The Balaban J connectivity index is 1.86. The second kappa shape index (κ2) is 5.48. The van der Waals surface area contributed by atoms with Crippen LogP contribution in [0.2, 0.25) is 0 Å². The zero-order valence-electron chi connectivity index (χ0n) is 12.2. The second-order valence-electron chi connectivity index (χ2n) is 5.85. The lowest BCUT2D eigenvalue weighted by molar-refractivity contribution is 0.0740. The van der Waals surface area contributed by atoms with Gasteiger partial charge < -0.3 is 9.47 Å². The molecule has 0 aliphatic carbocycles. The molecule has 0 spiro atoms. The number of nitrogens with one attached hydrogen (secondary N) is 1. The van der Waals surface area contributed by atoms with Gasteiger partial charge in [-0.2, -0.15) is 0 Å². The third-order valence-corrected chi connectivity index (χ3v) is 4.43. The molecule has 1 atom stereocenters. The highest BCUT2D eigenvalue weighted by Crippen LogP contribution is 2.21. The fraction of sp³-hybridized carbons (Fsp3) is 0.643. The number of carbonyl (C=O) groups excluding carboxylic acids is 1. The molecule has 7 heteroatoms. The largest absolute Gasteiger partial charge is 0.337 e. The number of carbonyl (C=O) groups is 1. The molecule has 0 saturated carbocycles. The van der Waals surface area contributed by atoms with E-state index in [1.807, 2.05) is 0 Å². The highest BCUT2D eigenvalue weighted by molar-refractivity contribution is 5.93. The van der Waals surface area contributed by atoms with Gasteiger partial charge in [0.05, 0.1) is 0 Å². The molecule has 2 aliphatic rings. The van der Waals surface area contributed by atoms with Gasteiger partial charge in [0.1, 0.15) is 5.56 Å². The zero-order chi connectivity index (χ0) is 15.0. The molecule has 1 aromatic rings. The first-order valence-electron chi connectivity index (χ1n) is 7.39. The summed E-state index contributed by atoms with van der Waals surface area (Å²) in [6.07, 6.45) is 4.53. The maximum absolute atomic E-state index is 12.6. The van der Waals surface area contributed by atoms with E-state index in [0.717, 1.165) is 25.9 Å². The molecule has 3 heterocycles. The van der Waals surface area contributed by atoms with Gasteiger partial charge in [0.25, 0.3) is 11.5 Å². The van der Waals surface area contributed by atoms with Gasteiger partial charge in [0, 0.05) is 38.9 Å². The van der Waals surface area contributed by atoms with Crippen molar-refractivity contribution in [2.45, 2.75) is 25.3 Å². The number of H-pyrrole nitrogens is 1. The zero-order valence-corrected chi connectivity index (χ0v) is 12.2. The van der Waals surface area contributed by atoms with Gasteiger partial charge in [-0.3, -0.25) is 19.5 Å². The summed E-state index contributed by atoms with van der Waals surface area (Å²) in [6, 6.07) is 0.406. The molecule has 3 rings (SSSR count). The molecule has 1 N–H and O–H groups in total. The Kier molecular flexibility index (Phi) is 3.67. The maximum atomic E-state index is 12.6. The van der Waals surface area contributed by atoms with E-state index in [2.05, 4.69) is 9.88 Å². The number of aromatic nitrogens is 2. The predicted octanol–water partition coefficient (Wildman–Crippen LogP) is -0.616. The fourth-order valence-corrected chi connectivity index (χ4v) is 3.28. The van der Waals surface area contributed by atoms with E-state index in [4.69, 9.17) is 0 Å². The van der Waals surface area contributed by atoms with Gasteiger partial charge in [-0.1, -0.05) is 0 Å². The van der Waals surface area contributed by atoms with Crippen LogP contribution in [0.5, 0.6) is 0 Å².